The van der Waals surface area contributed by atoms with Crippen molar-refractivity contribution in [3.05, 3.63) is 51.1 Å². The number of hydrogen-bond acceptors (Lipinski definition) is 3. The number of nitrogens with zero attached hydrogens (tertiary/aromatic N) is 1. The van der Waals surface area contributed by atoms with Gasteiger partial charge in [-0.05, 0) is 11.6 Å². The van der Waals surface area contributed by atoms with Gasteiger partial charge < -0.3 is 0 Å². The summed E-state index contributed by atoms with van der Waals surface area (Å²) < 4.78 is 0. The minimum Gasteiger partial charge on any atom is -0.299 e. The Hall–Kier alpha value is -1.68. The third kappa shape index (κ3) is 2.90. The van der Waals surface area contributed by atoms with E-state index < -0.39 is 4.92 Å². The summed E-state index contributed by atoms with van der Waals surface area (Å²) in [5.74, 6) is -0.0569. The lowest BCUT2D eigenvalue weighted by Gasteiger charge is -2.08. The molecule has 0 heterocycles. The summed E-state index contributed by atoms with van der Waals surface area (Å²) in [6, 6.07) is 4.30. The Labute approximate surface area is 97.7 Å². The molecule has 0 saturated heterocycles. The molecule has 0 aliphatic carbocycles. The summed E-state index contributed by atoms with van der Waals surface area (Å²) in [6.07, 6.45) is 3.73. The van der Waals surface area contributed by atoms with Gasteiger partial charge in [0.05, 0.1) is 9.95 Å². The zero-order valence-corrected chi connectivity index (χ0v) is 9.35. The Morgan fingerprint density at radius 1 is 1.50 bits per heavy atom. The second kappa shape index (κ2) is 5.42. The van der Waals surface area contributed by atoms with Crippen molar-refractivity contribution in [2.24, 2.45) is 0 Å². The fraction of sp³-hybridized carbons (Fsp3) is 0.182. The number of carbonyl (C=O) groups excluding carboxylic acids is 1. The number of nitro benzene ring substituents is 1. The van der Waals surface area contributed by atoms with Crippen molar-refractivity contribution in [3.63, 3.8) is 0 Å². The van der Waals surface area contributed by atoms with E-state index in [1.807, 2.05) is 6.92 Å². The number of halogens is 1. The first-order chi connectivity index (χ1) is 7.56. The molecular formula is C11H10ClNO3. The number of aldehydes is 1. The van der Waals surface area contributed by atoms with E-state index in [2.05, 4.69) is 0 Å². The van der Waals surface area contributed by atoms with Crippen LogP contribution in [-0.2, 0) is 4.79 Å². The first kappa shape index (κ1) is 12.4. The molecule has 1 aromatic rings. The van der Waals surface area contributed by atoms with Crippen LogP contribution in [0.3, 0.4) is 0 Å². The average molecular weight is 240 g/mol. The van der Waals surface area contributed by atoms with Crippen LogP contribution in [0, 0.1) is 10.1 Å². The molecule has 0 aliphatic heterocycles. The Bertz CT molecular complexity index is 443. The molecule has 84 valence electrons. The Balaban J connectivity index is 3.03. The zero-order valence-electron chi connectivity index (χ0n) is 8.59. The van der Waals surface area contributed by atoms with E-state index in [4.69, 9.17) is 11.6 Å². The molecule has 4 nitrogen and oxygen atoms in total. The predicted octanol–water partition coefficient (Wildman–Crippen LogP) is 3.11. The standard InChI is InChI=1S/C11H10ClNO3/c1-8(3-2-6-14)10-5-4-9(13(15)16)7-11(10)12/h2-8H,1H3/b3-2+. The first-order valence-corrected chi connectivity index (χ1v) is 5.00. The van der Waals surface area contributed by atoms with Gasteiger partial charge in [0.1, 0.15) is 6.29 Å². The normalized spacial score (nSPS) is 12.6. The van der Waals surface area contributed by atoms with Crippen molar-refractivity contribution in [3.8, 4) is 0 Å². The molecule has 0 spiro atoms. The molecule has 0 amide bonds. The maximum Gasteiger partial charge on any atom is 0.270 e. The number of rotatable bonds is 4. The Morgan fingerprint density at radius 3 is 2.69 bits per heavy atom. The third-order valence-corrected chi connectivity index (χ3v) is 2.49. The summed E-state index contributed by atoms with van der Waals surface area (Å²) >= 11 is 5.92. The molecule has 1 rings (SSSR count). The largest absolute Gasteiger partial charge is 0.299 e. The summed E-state index contributed by atoms with van der Waals surface area (Å²) in [6.45, 7) is 1.85. The topological polar surface area (TPSA) is 60.2 Å². The summed E-state index contributed by atoms with van der Waals surface area (Å²) in [7, 11) is 0. The van der Waals surface area contributed by atoms with Gasteiger partial charge in [0, 0.05) is 18.1 Å². The van der Waals surface area contributed by atoms with Gasteiger partial charge in [0.2, 0.25) is 0 Å². The maximum atomic E-state index is 10.5. The van der Waals surface area contributed by atoms with Crippen LogP contribution in [0.5, 0.6) is 0 Å². The van der Waals surface area contributed by atoms with Crippen molar-refractivity contribution >= 4 is 23.6 Å². The molecule has 0 saturated carbocycles. The quantitative estimate of drug-likeness (QED) is 0.351. The van der Waals surface area contributed by atoms with Gasteiger partial charge in [-0.1, -0.05) is 30.7 Å². The first-order valence-electron chi connectivity index (χ1n) is 4.62. The van der Waals surface area contributed by atoms with Gasteiger partial charge in [-0.15, -0.1) is 0 Å². The molecule has 5 heteroatoms. The number of benzene rings is 1. The fourth-order valence-electron chi connectivity index (χ4n) is 1.31. The molecule has 0 aromatic heterocycles. The minimum atomic E-state index is -0.498. The van der Waals surface area contributed by atoms with Gasteiger partial charge in [-0.2, -0.15) is 0 Å². The second-order valence-corrected chi connectivity index (χ2v) is 3.68. The van der Waals surface area contributed by atoms with E-state index in [-0.39, 0.29) is 11.6 Å². The van der Waals surface area contributed by atoms with Crippen LogP contribution < -0.4 is 0 Å². The van der Waals surface area contributed by atoms with Crippen LogP contribution in [0.1, 0.15) is 18.4 Å². The molecular weight excluding hydrogens is 230 g/mol. The Morgan fingerprint density at radius 2 is 2.19 bits per heavy atom. The monoisotopic (exact) mass is 239 g/mol. The maximum absolute atomic E-state index is 10.5. The summed E-state index contributed by atoms with van der Waals surface area (Å²) in [5.41, 5.74) is 0.714. The van der Waals surface area contributed by atoms with Gasteiger partial charge in [-0.25, -0.2) is 0 Å². The highest BCUT2D eigenvalue weighted by atomic mass is 35.5. The van der Waals surface area contributed by atoms with E-state index in [0.29, 0.717) is 11.3 Å². The molecule has 0 aliphatic rings. The highest BCUT2D eigenvalue weighted by Crippen LogP contribution is 2.28. The van der Waals surface area contributed by atoms with Crippen molar-refractivity contribution in [1.82, 2.24) is 0 Å². The third-order valence-electron chi connectivity index (χ3n) is 2.16. The second-order valence-electron chi connectivity index (χ2n) is 3.27. The minimum absolute atomic E-state index is 0.0414. The molecule has 0 bridgehead atoms. The van der Waals surface area contributed by atoms with Crippen LogP contribution in [0.2, 0.25) is 5.02 Å². The van der Waals surface area contributed by atoms with E-state index in [9.17, 15) is 14.9 Å². The van der Waals surface area contributed by atoms with Gasteiger partial charge >= 0.3 is 0 Å². The highest BCUT2D eigenvalue weighted by molar-refractivity contribution is 6.31. The summed E-state index contributed by atoms with van der Waals surface area (Å²) in [5, 5.41) is 10.8. The smallest absolute Gasteiger partial charge is 0.270 e. The molecule has 0 N–H and O–H groups in total. The van der Waals surface area contributed by atoms with E-state index in [0.717, 1.165) is 5.56 Å². The summed E-state index contributed by atoms with van der Waals surface area (Å²) in [4.78, 5) is 20.2. The predicted molar refractivity (Wildman–Crippen MR) is 61.7 cm³/mol. The van der Waals surface area contributed by atoms with E-state index >= 15 is 0 Å². The van der Waals surface area contributed by atoms with Crippen LogP contribution in [0.4, 0.5) is 5.69 Å². The lowest BCUT2D eigenvalue weighted by Crippen LogP contribution is -1.93. The molecule has 1 unspecified atom stereocenters. The van der Waals surface area contributed by atoms with Gasteiger partial charge in [0.25, 0.3) is 5.69 Å². The number of allylic oxidation sites excluding steroid dienone is 2. The number of hydrogen-bond donors (Lipinski definition) is 0. The molecule has 0 fully saturated rings. The average Bonchev–Trinajstić information content (AvgIpc) is 2.25. The lowest BCUT2D eigenvalue weighted by atomic mass is 10.0. The van der Waals surface area contributed by atoms with Crippen molar-refractivity contribution in [2.75, 3.05) is 0 Å². The zero-order chi connectivity index (χ0) is 12.1. The van der Waals surface area contributed by atoms with Gasteiger partial charge in [-0.3, -0.25) is 14.9 Å². The van der Waals surface area contributed by atoms with Gasteiger partial charge in [0.15, 0.2) is 0 Å². The van der Waals surface area contributed by atoms with Crippen LogP contribution in [-0.4, -0.2) is 11.2 Å². The number of non-ortho nitro benzene ring substituents is 1. The number of carbonyl (C=O) groups is 1. The van der Waals surface area contributed by atoms with Crippen molar-refractivity contribution < 1.29 is 9.72 Å². The SMILES string of the molecule is CC(/C=C/C=O)c1ccc([N+](=O)[O-])cc1Cl. The van der Waals surface area contributed by atoms with Crippen LogP contribution >= 0.6 is 11.6 Å². The van der Waals surface area contributed by atoms with Crippen molar-refractivity contribution in [2.45, 2.75) is 12.8 Å². The highest BCUT2D eigenvalue weighted by Gasteiger charge is 2.12. The van der Waals surface area contributed by atoms with Crippen LogP contribution in [0.15, 0.2) is 30.4 Å². The molecule has 0 radical (unpaired) electrons. The van der Waals surface area contributed by atoms with E-state index in [1.54, 1.807) is 12.1 Å². The molecule has 1 aromatic carbocycles. The van der Waals surface area contributed by atoms with E-state index in [1.165, 1.54) is 18.2 Å². The Kier molecular flexibility index (Phi) is 4.19. The van der Waals surface area contributed by atoms with Crippen LogP contribution in [0.25, 0.3) is 0 Å². The molecule has 16 heavy (non-hydrogen) atoms. The lowest BCUT2D eigenvalue weighted by molar-refractivity contribution is -0.384. The van der Waals surface area contributed by atoms with Crippen molar-refractivity contribution in [1.29, 1.82) is 0 Å². The molecule has 1 atom stereocenters. The fourth-order valence-corrected chi connectivity index (χ4v) is 1.66. The number of nitro groups is 1.